The number of hydrogen-bond donors (Lipinski definition) is 2. The first-order valence-corrected chi connectivity index (χ1v) is 7.08. The van der Waals surface area contributed by atoms with Crippen LogP contribution in [0.15, 0.2) is 24.3 Å². The molecule has 1 atom stereocenters. The van der Waals surface area contributed by atoms with Gasteiger partial charge in [0.25, 0.3) is 0 Å². The lowest BCUT2D eigenvalue weighted by atomic mass is 9.95. The van der Waals surface area contributed by atoms with Gasteiger partial charge in [-0.05, 0) is 31.9 Å². The van der Waals surface area contributed by atoms with Gasteiger partial charge < -0.3 is 10.4 Å². The molecule has 0 aliphatic carbocycles. The van der Waals surface area contributed by atoms with E-state index in [1.807, 2.05) is 6.92 Å². The molecule has 1 aromatic carbocycles. The van der Waals surface area contributed by atoms with Gasteiger partial charge in [-0.1, -0.05) is 11.6 Å². The Hall–Kier alpha value is -0.810. The SMILES string of the molecule is C=C(C)C[C@H](c1c(F)ccc(C)c1O)N1CCNCC1.Cl.Cl. The molecular weight excluding hydrogens is 326 g/mol. The van der Waals surface area contributed by atoms with E-state index < -0.39 is 0 Å². The first-order valence-electron chi connectivity index (χ1n) is 7.08. The standard InChI is InChI=1S/C16H23FN2O.2ClH/c1-11(2)10-14(19-8-6-18-7-9-19)15-13(17)5-4-12(3)16(15)20;;/h4-5,14,18,20H,1,6-10H2,2-3H3;2*1H/t14-;;/m1../s1. The first-order chi connectivity index (χ1) is 9.50. The average Bonchev–Trinajstić information content (AvgIpc) is 2.43. The Kier molecular flexibility index (Phi) is 9.01. The van der Waals surface area contributed by atoms with Gasteiger partial charge in [-0.2, -0.15) is 0 Å². The zero-order valence-electron chi connectivity index (χ0n) is 13.1. The van der Waals surface area contributed by atoms with Crippen LogP contribution in [0.2, 0.25) is 0 Å². The molecule has 1 saturated heterocycles. The highest BCUT2D eigenvalue weighted by atomic mass is 35.5. The lowest BCUT2D eigenvalue weighted by Gasteiger charge is -2.36. The van der Waals surface area contributed by atoms with E-state index in [0.717, 1.165) is 31.8 Å². The second-order valence-corrected chi connectivity index (χ2v) is 5.59. The van der Waals surface area contributed by atoms with Crippen molar-refractivity contribution < 1.29 is 9.50 Å². The number of phenols is 1. The van der Waals surface area contributed by atoms with Gasteiger partial charge in [0.2, 0.25) is 0 Å². The minimum absolute atomic E-state index is 0. The normalized spacial score (nSPS) is 16.3. The highest BCUT2D eigenvalue weighted by molar-refractivity contribution is 5.85. The van der Waals surface area contributed by atoms with Crippen LogP contribution in [0.3, 0.4) is 0 Å². The molecule has 0 saturated carbocycles. The molecule has 1 fully saturated rings. The fourth-order valence-corrected chi connectivity index (χ4v) is 2.75. The number of hydrogen-bond acceptors (Lipinski definition) is 3. The van der Waals surface area contributed by atoms with Gasteiger partial charge in [0.15, 0.2) is 0 Å². The number of phenolic OH excluding ortho intramolecular Hbond substituents is 1. The van der Waals surface area contributed by atoms with Crippen LogP contribution in [0.5, 0.6) is 5.75 Å². The smallest absolute Gasteiger partial charge is 0.131 e. The Bertz CT molecular complexity index is 505. The van der Waals surface area contributed by atoms with E-state index in [-0.39, 0.29) is 42.4 Å². The maximum absolute atomic E-state index is 14.3. The van der Waals surface area contributed by atoms with E-state index in [4.69, 9.17) is 0 Å². The van der Waals surface area contributed by atoms with E-state index in [2.05, 4.69) is 16.8 Å². The van der Waals surface area contributed by atoms with E-state index in [9.17, 15) is 9.50 Å². The monoisotopic (exact) mass is 350 g/mol. The minimum Gasteiger partial charge on any atom is -0.507 e. The summed E-state index contributed by atoms with van der Waals surface area (Å²) in [5, 5.41) is 13.6. The summed E-state index contributed by atoms with van der Waals surface area (Å²) < 4.78 is 14.3. The molecule has 0 radical (unpaired) electrons. The molecule has 0 spiro atoms. The summed E-state index contributed by atoms with van der Waals surface area (Å²) in [5.74, 6) is -0.257. The van der Waals surface area contributed by atoms with Crippen LogP contribution >= 0.6 is 24.8 Å². The maximum atomic E-state index is 14.3. The number of piperazine rings is 1. The second-order valence-electron chi connectivity index (χ2n) is 5.59. The third-order valence-electron chi connectivity index (χ3n) is 3.83. The van der Waals surface area contributed by atoms with E-state index >= 15 is 0 Å². The molecule has 0 amide bonds. The number of halogens is 3. The predicted molar refractivity (Wildman–Crippen MR) is 93.9 cm³/mol. The molecule has 0 aromatic heterocycles. The first kappa shape index (κ1) is 21.2. The minimum atomic E-state index is -0.335. The lowest BCUT2D eigenvalue weighted by molar-refractivity contribution is 0.166. The van der Waals surface area contributed by atoms with Crippen LogP contribution in [0.25, 0.3) is 0 Å². The Morgan fingerprint density at radius 3 is 2.50 bits per heavy atom. The summed E-state index contributed by atoms with van der Waals surface area (Å²) in [5.41, 5.74) is 2.12. The molecule has 1 aliphatic heterocycles. The average molecular weight is 351 g/mol. The van der Waals surface area contributed by atoms with Crippen molar-refractivity contribution in [3.8, 4) is 5.75 Å². The highest BCUT2D eigenvalue weighted by Gasteiger charge is 2.27. The maximum Gasteiger partial charge on any atom is 0.131 e. The van der Waals surface area contributed by atoms with Crippen molar-refractivity contribution in [3.05, 3.63) is 41.2 Å². The molecule has 126 valence electrons. The molecule has 1 aliphatic rings. The molecule has 0 unspecified atom stereocenters. The van der Waals surface area contributed by atoms with Gasteiger partial charge in [-0.15, -0.1) is 31.4 Å². The van der Waals surface area contributed by atoms with Gasteiger partial charge in [-0.25, -0.2) is 4.39 Å². The summed E-state index contributed by atoms with van der Waals surface area (Å²) in [6.45, 7) is 11.2. The van der Waals surface area contributed by atoms with Gasteiger partial charge in [0, 0.05) is 37.8 Å². The van der Waals surface area contributed by atoms with Gasteiger partial charge in [-0.3, -0.25) is 4.90 Å². The van der Waals surface area contributed by atoms with Crippen molar-refractivity contribution >= 4 is 24.8 Å². The van der Waals surface area contributed by atoms with Crippen LogP contribution < -0.4 is 5.32 Å². The fraction of sp³-hybridized carbons (Fsp3) is 0.500. The third-order valence-corrected chi connectivity index (χ3v) is 3.83. The highest BCUT2D eigenvalue weighted by Crippen LogP contribution is 2.37. The summed E-state index contributed by atoms with van der Waals surface area (Å²) in [7, 11) is 0. The fourth-order valence-electron chi connectivity index (χ4n) is 2.75. The molecule has 6 heteroatoms. The van der Waals surface area contributed by atoms with Gasteiger partial charge >= 0.3 is 0 Å². The van der Waals surface area contributed by atoms with Crippen molar-refractivity contribution in [3.63, 3.8) is 0 Å². The van der Waals surface area contributed by atoms with Crippen LogP contribution in [-0.4, -0.2) is 36.2 Å². The van der Waals surface area contributed by atoms with E-state index in [1.165, 1.54) is 6.07 Å². The molecule has 0 bridgehead atoms. The number of nitrogens with zero attached hydrogens (tertiary/aromatic N) is 1. The number of benzene rings is 1. The number of nitrogens with one attached hydrogen (secondary N) is 1. The molecule has 3 nitrogen and oxygen atoms in total. The van der Waals surface area contributed by atoms with Gasteiger partial charge in [0.1, 0.15) is 11.6 Å². The van der Waals surface area contributed by atoms with Crippen molar-refractivity contribution in [1.82, 2.24) is 10.2 Å². The largest absolute Gasteiger partial charge is 0.507 e. The molecule has 2 rings (SSSR count). The third kappa shape index (κ3) is 4.85. The molecular formula is C16H25Cl2FN2O. The molecule has 2 N–H and O–H groups in total. The zero-order valence-corrected chi connectivity index (χ0v) is 14.7. The van der Waals surface area contributed by atoms with Crippen LogP contribution in [0.1, 0.15) is 30.5 Å². The topological polar surface area (TPSA) is 35.5 Å². The van der Waals surface area contributed by atoms with Crippen LogP contribution in [-0.2, 0) is 0 Å². The Morgan fingerprint density at radius 2 is 1.95 bits per heavy atom. The number of aryl methyl sites for hydroxylation is 1. The van der Waals surface area contributed by atoms with Crippen molar-refractivity contribution in [2.24, 2.45) is 0 Å². The Morgan fingerprint density at radius 1 is 1.36 bits per heavy atom. The van der Waals surface area contributed by atoms with E-state index in [1.54, 1.807) is 13.0 Å². The predicted octanol–water partition coefficient (Wildman–Crippen LogP) is 3.60. The van der Waals surface area contributed by atoms with E-state index in [0.29, 0.717) is 17.5 Å². The number of rotatable bonds is 4. The summed E-state index contributed by atoms with van der Waals surface area (Å²) in [6, 6.07) is 2.91. The van der Waals surface area contributed by atoms with Crippen molar-refractivity contribution in [2.75, 3.05) is 26.2 Å². The summed E-state index contributed by atoms with van der Waals surface area (Å²) in [6.07, 6.45) is 0.661. The Labute approximate surface area is 144 Å². The Balaban J connectivity index is 0.00000220. The molecule has 1 aromatic rings. The number of aromatic hydroxyl groups is 1. The van der Waals surface area contributed by atoms with Gasteiger partial charge in [0.05, 0.1) is 0 Å². The second kappa shape index (κ2) is 9.36. The summed E-state index contributed by atoms with van der Waals surface area (Å²) in [4.78, 5) is 2.22. The molecule has 22 heavy (non-hydrogen) atoms. The van der Waals surface area contributed by atoms with Crippen LogP contribution in [0, 0.1) is 12.7 Å². The zero-order chi connectivity index (χ0) is 14.7. The quantitative estimate of drug-likeness (QED) is 0.814. The molecule has 1 heterocycles. The summed E-state index contributed by atoms with van der Waals surface area (Å²) >= 11 is 0. The van der Waals surface area contributed by atoms with Crippen LogP contribution in [0.4, 0.5) is 4.39 Å². The van der Waals surface area contributed by atoms with Crippen molar-refractivity contribution in [2.45, 2.75) is 26.3 Å². The lowest BCUT2D eigenvalue weighted by Crippen LogP contribution is -2.45. The van der Waals surface area contributed by atoms with Crippen molar-refractivity contribution in [1.29, 1.82) is 0 Å².